The van der Waals surface area contributed by atoms with Gasteiger partial charge in [0.15, 0.2) is 0 Å². The summed E-state index contributed by atoms with van der Waals surface area (Å²) in [7, 11) is 0. The van der Waals surface area contributed by atoms with Crippen molar-refractivity contribution < 1.29 is 5.11 Å². The Morgan fingerprint density at radius 3 is 2.25 bits per heavy atom. The van der Waals surface area contributed by atoms with Gasteiger partial charge in [-0.1, -0.05) is 17.7 Å². The van der Waals surface area contributed by atoms with Gasteiger partial charge < -0.3 is 10.1 Å². The Kier molecular flexibility index (Phi) is 4.04. The summed E-state index contributed by atoms with van der Waals surface area (Å²) in [4.78, 5) is 19.5. The minimum atomic E-state index is -0.166. The summed E-state index contributed by atoms with van der Waals surface area (Å²) in [6.07, 6.45) is 0.334. The lowest BCUT2D eigenvalue weighted by Crippen LogP contribution is -2.19. The lowest BCUT2D eigenvalue weighted by Gasteiger charge is -2.12. The summed E-state index contributed by atoms with van der Waals surface area (Å²) in [6, 6.07) is 4.17. The minimum absolute atomic E-state index is 0.0481. The van der Waals surface area contributed by atoms with Crippen LogP contribution in [-0.2, 0) is 6.42 Å². The average Bonchev–Trinajstić information content (AvgIpc) is 2.32. The number of benzene rings is 1. The predicted molar refractivity (Wildman–Crippen MR) is 80.0 cm³/mol. The topological polar surface area (TPSA) is 66.0 Å². The Morgan fingerprint density at radius 1 is 1.15 bits per heavy atom. The van der Waals surface area contributed by atoms with E-state index in [2.05, 4.69) is 29.0 Å². The van der Waals surface area contributed by atoms with Gasteiger partial charge in [-0.3, -0.25) is 4.79 Å². The third-order valence-corrected chi connectivity index (χ3v) is 3.50. The largest absolute Gasteiger partial charge is 0.396 e. The van der Waals surface area contributed by atoms with Gasteiger partial charge in [0, 0.05) is 29.8 Å². The SMILES string of the molecule is Cc1cc(C)c(-c2nc(C)c(CCO)c(=O)[nH]2)c(C)c1. The summed E-state index contributed by atoms with van der Waals surface area (Å²) in [5.41, 5.74) is 5.43. The van der Waals surface area contributed by atoms with Crippen LogP contribution >= 0.6 is 0 Å². The van der Waals surface area contributed by atoms with E-state index >= 15 is 0 Å². The quantitative estimate of drug-likeness (QED) is 0.900. The van der Waals surface area contributed by atoms with E-state index in [1.54, 1.807) is 0 Å². The van der Waals surface area contributed by atoms with Crippen molar-refractivity contribution in [1.29, 1.82) is 0 Å². The Morgan fingerprint density at radius 2 is 1.75 bits per heavy atom. The number of nitrogens with one attached hydrogen (secondary N) is 1. The minimum Gasteiger partial charge on any atom is -0.396 e. The first-order chi connectivity index (χ1) is 9.43. The molecule has 0 saturated heterocycles. The van der Waals surface area contributed by atoms with Crippen LogP contribution in [0, 0.1) is 27.7 Å². The van der Waals surface area contributed by atoms with Crippen LogP contribution in [0.1, 0.15) is 27.9 Å². The van der Waals surface area contributed by atoms with Gasteiger partial charge >= 0.3 is 0 Å². The molecular weight excluding hydrogens is 252 g/mol. The summed E-state index contributed by atoms with van der Waals surface area (Å²) >= 11 is 0. The highest BCUT2D eigenvalue weighted by Crippen LogP contribution is 2.25. The number of aryl methyl sites for hydroxylation is 4. The van der Waals surface area contributed by atoms with Gasteiger partial charge in [-0.25, -0.2) is 4.98 Å². The highest BCUT2D eigenvalue weighted by molar-refractivity contribution is 5.65. The number of aliphatic hydroxyl groups is 1. The van der Waals surface area contributed by atoms with E-state index in [1.165, 1.54) is 5.56 Å². The molecule has 4 heteroatoms. The van der Waals surface area contributed by atoms with E-state index in [4.69, 9.17) is 5.11 Å². The van der Waals surface area contributed by atoms with Crippen LogP contribution in [0.3, 0.4) is 0 Å². The van der Waals surface area contributed by atoms with Crippen LogP contribution in [0.5, 0.6) is 0 Å². The lowest BCUT2D eigenvalue weighted by atomic mass is 9.99. The lowest BCUT2D eigenvalue weighted by molar-refractivity contribution is 0.298. The molecule has 0 atom stereocenters. The average molecular weight is 272 g/mol. The first-order valence-corrected chi connectivity index (χ1v) is 6.73. The van der Waals surface area contributed by atoms with E-state index in [1.807, 2.05) is 20.8 Å². The summed E-state index contributed by atoms with van der Waals surface area (Å²) < 4.78 is 0. The zero-order valence-electron chi connectivity index (χ0n) is 12.4. The molecule has 2 rings (SSSR count). The fraction of sp³-hybridized carbons (Fsp3) is 0.375. The second kappa shape index (κ2) is 5.59. The summed E-state index contributed by atoms with van der Waals surface area (Å²) in [6.45, 7) is 7.85. The van der Waals surface area contributed by atoms with Gasteiger partial charge in [0.2, 0.25) is 0 Å². The normalized spacial score (nSPS) is 10.8. The first-order valence-electron chi connectivity index (χ1n) is 6.73. The van der Waals surface area contributed by atoms with Crippen LogP contribution < -0.4 is 5.56 Å². The third-order valence-electron chi connectivity index (χ3n) is 3.50. The first kappa shape index (κ1) is 14.5. The number of nitrogens with zero attached hydrogens (tertiary/aromatic N) is 1. The van der Waals surface area contributed by atoms with Crippen LogP contribution in [0.2, 0.25) is 0 Å². The number of hydrogen-bond acceptors (Lipinski definition) is 3. The van der Waals surface area contributed by atoms with Gasteiger partial charge in [0.25, 0.3) is 5.56 Å². The number of aromatic amines is 1. The van der Waals surface area contributed by atoms with Crippen molar-refractivity contribution in [2.75, 3.05) is 6.61 Å². The highest BCUT2D eigenvalue weighted by atomic mass is 16.3. The maximum Gasteiger partial charge on any atom is 0.254 e. The van der Waals surface area contributed by atoms with Crippen LogP contribution in [-0.4, -0.2) is 21.7 Å². The zero-order valence-corrected chi connectivity index (χ0v) is 12.4. The molecule has 0 amide bonds. The van der Waals surface area contributed by atoms with Gasteiger partial charge in [0.1, 0.15) is 5.82 Å². The molecule has 0 aliphatic rings. The van der Waals surface area contributed by atoms with E-state index in [-0.39, 0.29) is 12.2 Å². The number of aliphatic hydroxyl groups excluding tert-OH is 1. The molecular formula is C16H20N2O2. The Labute approximate surface area is 118 Å². The van der Waals surface area contributed by atoms with Crippen LogP contribution in [0.4, 0.5) is 0 Å². The molecule has 1 heterocycles. The molecule has 0 aliphatic heterocycles. The Hall–Kier alpha value is -1.94. The van der Waals surface area contributed by atoms with Gasteiger partial charge in [-0.05, 0) is 38.8 Å². The fourth-order valence-corrected chi connectivity index (χ4v) is 2.69. The molecule has 2 N–H and O–H groups in total. The second-order valence-corrected chi connectivity index (χ2v) is 5.23. The summed E-state index contributed by atoms with van der Waals surface area (Å²) in [5, 5.41) is 8.99. The molecule has 0 unspecified atom stereocenters. The van der Waals surface area contributed by atoms with E-state index in [9.17, 15) is 4.79 Å². The van der Waals surface area contributed by atoms with Crippen molar-refractivity contribution in [3.63, 3.8) is 0 Å². The fourth-order valence-electron chi connectivity index (χ4n) is 2.69. The van der Waals surface area contributed by atoms with E-state index in [0.717, 1.165) is 16.7 Å². The Balaban J connectivity index is 2.63. The van der Waals surface area contributed by atoms with Crippen LogP contribution in [0.15, 0.2) is 16.9 Å². The standard InChI is InChI=1S/C16H20N2O2/c1-9-7-10(2)14(11(3)8-9)15-17-12(4)13(5-6-19)16(20)18-15/h7-8,19H,5-6H2,1-4H3,(H,17,18,20). The summed E-state index contributed by atoms with van der Waals surface area (Å²) in [5.74, 6) is 0.601. The number of H-pyrrole nitrogens is 1. The molecule has 0 fully saturated rings. The van der Waals surface area contributed by atoms with Crippen molar-refractivity contribution in [2.45, 2.75) is 34.1 Å². The van der Waals surface area contributed by atoms with Crippen molar-refractivity contribution in [3.05, 3.63) is 50.4 Å². The molecule has 0 spiro atoms. The maximum atomic E-state index is 12.1. The molecule has 0 aliphatic carbocycles. The van der Waals surface area contributed by atoms with Gasteiger partial charge in [0.05, 0.1) is 0 Å². The van der Waals surface area contributed by atoms with Crippen molar-refractivity contribution in [2.24, 2.45) is 0 Å². The zero-order chi connectivity index (χ0) is 14.9. The van der Waals surface area contributed by atoms with Gasteiger partial charge in [-0.2, -0.15) is 0 Å². The second-order valence-electron chi connectivity index (χ2n) is 5.23. The molecule has 4 nitrogen and oxygen atoms in total. The molecule has 0 saturated carbocycles. The van der Waals surface area contributed by atoms with E-state index < -0.39 is 0 Å². The molecule has 106 valence electrons. The van der Waals surface area contributed by atoms with Crippen molar-refractivity contribution >= 4 is 0 Å². The number of aromatic nitrogens is 2. The molecule has 2 aromatic rings. The third kappa shape index (κ3) is 2.65. The molecule has 0 bridgehead atoms. The van der Waals surface area contributed by atoms with E-state index in [0.29, 0.717) is 23.5 Å². The molecule has 1 aromatic carbocycles. The monoisotopic (exact) mass is 272 g/mol. The number of hydrogen-bond donors (Lipinski definition) is 2. The Bertz CT molecular complexity index is 679. The molecule has 0 radical (unpaired) electrons. The molecule has 20 heavy (non-hydrogen) atoms. The predicted octanol–water partition coefficient (Wildman–Crippen LogP) is 2.21. The maximum absolute atomic E-state index is 12.1. The highest BCUT2D eigenvalue weighted by Gasteiger charge is 2.13. The van der Waals surface area contributed by atoms with Crippen molar-refractivity contribution in [3.8, 4) is 11.4 Å². The smallest absolute Gasteiger partial charge is 0.254 e. The molecule has 1 aromatic heterocycles. The number of rotatable bonds is 3. The van der Waals surface area contributed by atoms with Gasteiger partial charge in [-0.15, -0.1) is 0 Å². The van der Waals surface area contributed by atoms with Crippen LogP contribution in [0.25, 0.3) is 11.4 Å². The van der Waals surface area contributed by atoms with Crippen molar-refractivity contribution in [1.82, 2.24) is 9.97 Å².